The molecule has 3 aliphatic rings. The summed E-state index contributed by atoms with van der Waals surface area (Å²) in [5.41, 5.74) is 5.55. The van der Waals surface area contributed by atoms with E-state index < -0.39 is 12.2 Å². The van der Waals surface area contributed by atoms with Crippen LogP contribution in [0, 0.1) is 0 Å². The second-order valence-electron chi connectivity index (χ2n) is 10.5. The second-order valence-corrected chi connectivity index (χ2v) is 10.5. The number of hydrogen-bond donors (Lipinski definition) is 2. The SMILES string of the molecule is C[C@@H]1C[C@@H](O)c2ncnc(N3C[C@@]4(CCN(Cc5ccccc5)C4)c4c(N(C)C(=O)O)cccc43)c21. The van der Waals surface area contributed by atoms with Crippen molar-refractivity contribution in [3.05, 3.63) is 77.2 Å². The van der Waals surface area contributed by atoms with Crippen LogP contribution in [0.5, 0.6) is 0 Å². The lowest BCUT2D eigenvalue weighted by Crippen LogP contribution is -2.37. The Bertz CT molecular complexity index is 1320. The van der Waals surface area contributed by atoms with Crippen LogP contribution in [0.1, 0.15) is 54.2 Å². The van der Waals surface area contributed by atoms with Gasteiger partial charge in [0.1, 0.15) is 12.1 Å². The highest BCUT2D eigenvalue weighted by Gasteiger charge is 2.50. The Labute approximate surface area is 210 Å². The van der Waals surface area contributed by atoms with Gasteiger partial charge in [0, 0.05) is 48.9 Å². The van der Waals surface area contributed by atoms with E-state index in [1.807, 2.05) is 18.2 Å². The van der Waals surface area contributed by atoms with Gasteiger partial charge in [-0.05, 0) is 43.0 Å². The molecular formula is C28H31N5O3. The van der Waals surface area contributed by atoms with E-state index in [-0.39, 0.29) is 11.3 Å². The van der Waals surface area contributed by atoms with Gasteiger partial charge in [-0.25, -0.2) is 14.8 Å². The van der Waals surface area contributed by atoms with Gasteiger partial charge in [-0.3, -0.25) is 9.80 Å². The zero-order valence-corrected chi connectivity index (χ0v) is 20.6. The van der Waals surface area contributed by atoms with Crippen molar-refractivity contribution in [1.29, 1.82) is 0 Å². The number of anilines is 3. The third-order valence-electron chi connectivity index (χ3n) is 8.17. The Hall–Kier alpha value is -3.49. The van der Waals surface area contributed by atoms with Crippen LogP contribution < -0.4 is 9.80 Å². The predicted molar refractivity (Wildman–Crippen MR) is 138 cm³/mol. The number of hydrogen-bond acceptors (Lipinski definition) is 6. The Morgan fingerprint density at radius 3 is 2.72 bits per heavy atom. The van der Waals surface area contributed by atoms with Gasteiger partial charge in [-0.1, -0.05) is 43.3 Å². The summed E-state index contributed by atoms with van der Waals surface area (Å²) in [6, 6.07) is 16.4. The van der Waals surface area contributed by atoms with Gasteiger partial charge in [0.05, 0.1) is 17.5 Å². The molecule has 0 unspecified atom stereocenters. The molecule has 0 saturated carbocycles. The van der Waals surface area contributed by atoms with Gasteiger partial charge in [0.15, 0.2) is 0 Å². The fourth-order valence-electron chi connectivity index (χ4n) is 6.52. The molecule has 1 spiro atoms. The summed E-state index contributed by atoms with van der Waals surface area (Å²) >= 11 is 0. The van der Waals surface area contributed by atoms with Crippen molar-refractivity contribution >= 4 is 23.3 Å². The lowest BCUT2D eigenvalue weighted by atomic mass is 9.80. The van der Waals surface area contributed by atoms with E-state index in [0.717, 1.165) is 54.4 Å². The first-order valence-corrected chi connectivity index (χ1v) is 12.5. The molecule has 2 aliphatic heterocycles. The molecule has 8 heteroatoms. The van der Waals surface area contributed by atoms with E-state index in [0.29, 0.717) is 18.7 Å². The van der Waals surface area contributed by atoms with Gasteiger partial charge in [-0.15, -0.1) is 0 Å². The highest BCUT2D eigenvalue weighted by molar-refractivity contribution is 5.91. The van der Waals surface area contributed by atoms with Gasteiger partial charge in [0.25, 0.3) is 0 Å². The minimum atomic E-state index is -0.976. The molecular weight excluding hydrogens is 454 g/mol. The van der Waals surface area contributed by atoms with Crippen LogP contribution in [-0.4, -0.2) is 57.9 Å². The van der Waals surface area contributed by atoms with E-state index in [4.69, 9.17) is 4.98 Å². The molecule has 3 atom stereocenters. The first-order valence-electron chi connectivity index (χ1n) is 12.5. The molecule has 3 heterocycles. The second kappa shape index (κ2) is 8.57. The number of aromatic nitrogens is 2. The zero-order chi connectivity index (χ0) is 25.0. The maximum absolute atomic E-state index is 12.0. The molecule has 1 aliphatic carbocycles. The van der Waals surface area contributed by atoms with Gasteiger partial charge < -0.3 is 15.1 Å². The summed E-state index contributed by atoms with van der Waals surface area (Å²) in [5.74, 6) is 0.980. The van der Waals surface area contributed by atoms with Crippen LogP contribution in [0.2, 0.25) is 0 Å². The minimum Gasteiger partial charge on any atom is -0.465 e. The number of fused-ring (bicyclic) bond motifs is 3. The van der Waals surface area contributed by atoms with Gasteiger partial charge in [-0.2, -0.15) is 0 Å². The predicted octanol–water partition coefficient (Wildman–Crippen LogP) is 4.43. The lowest BCUT2D eigenvalue weighted by molar-refractivity contribution is 0.170. The van der Waals surface area contributed by atoms with Crippen LogP contribution in [0.3, 0.4) is 0 Å². The molecule has 8 nitrogen and oxygen atoms in total. The maximum Gasteiger partial charge on any atom is 0.411 e. The number of aliphatic hydroxyl groups excluding tert-OH is 1. The molecule has 186 valence electrons. The molecule has 2 aromatic carbocycles. The number of benzene rings is 2. The van der Waals surface area contributed by atoms with E-state index in [1.165, 1.54) is 10.5 Å². The number of likely N-dealkylation sites (tertiary alicyclic amines) is 1. The summed E-state index contributed by atoms with van der Waals surface area (Å²) in [6.07, 6.45) is 1.56. The largest absolute Gasteiger partial charge is 0.465 e. The van der Waals surface area contributed by atoms with Crippen LogP contribution in [0.25, 0.3) is 0 Å². The maximum atomic E-state index is 12.0. The average molecular weight is 486 g/mol. The van der Waals surface area contributed by atoms with Crippen molar-refractivity contribution < 1.29 is 15.0 Å². The molecule has 0 bridgehead atoms. The van der Waals surface area contributed by atoms with Gasteiger partial charge >= 0.3 is 6.09 Å². The minimum absolute atomic E-state index is 0.147. The zero-order valence-electron chi connectivity index (χ0n) is 20.6. The summed E-state index contributed by atoms with van der Waals surface area (Å²) < 4.78 is 0. The standard InChI is InChI=1S/C28H31N5O3/c1-18-13-22(34)25-23(18)26(30-17-29-25)33-16-28(11-12-32(15-28)14-19-7-4-3-5-8-19)24-20(31(2)27(35)36)9-6-10-21(24)33/h3-10,17-18,22,34H,11-16H2,1-2H3,(H,35,36)/t18-,22-,28+/m1/s1. The molecule has 36 heavy (non-hydrogen) atoms. The number of aliphatic hydroxyl groups is 1. The summed E-state index contributed by atoms with van der Waals surface area (Å²) in [4.78, 5) is 27.2. The Morgan fingerprint density at radius 2 is 1.94 bits per heavy atom. The fraction of sp³-hybridized carbons (Fsp3) is 0.393. The summed E-state index contributed by atoms with van der Waals surface area (Å²) in [5, 5.41) is 20.5. The van der Waals surface area contributed by atoms with Crippen molar-refractivity contribution in [2.24, 2.45) is 0 Å². The van der Waals surface area contributed by atoms with E-state index >= 15 is 0 Å². The third kappa shape index (κ3) is 3.55. The molecule has 2 N–H and O–H groups in total. The number of amides is 1. The van der Waals surface area contributed by atoms with E-state index in [9.17, 15) is 15.0 Å². The highest BCUT2D eigenvalue weighted by Crippen LogP contribution is 2.54. The number of rotatable bonds is 4. The normalized spacial score (nSPS) is 24.8. The lowest BCUT2D eigenvalue weighted by Gasteiger charge is -2.29. The monoisotopic (exact) mass is 485 g/mol. The van der Waals surface area contributed by atoms with Crippen molar-refractivity contribution in [1.82, 2.24) is 14.9 Å². The molecule has 1 aromatic heterocycles. The molecule has 1 fully saturated rings. The first-order chi connectivity index (χ1) is 17.4. The highest BCUT2D eigenvalue weighted by atomic mass is 16.4. The Kier molecular flexibility index (Phi) is 5.46. The van der Waals surface area contributed by atoms with Crippen molar-refractivity contribution in [3.63, 3.8) is 0 Å². The van der Waals surface area contributed by atoms with Crippen LogP contribution in [0.4, 0.5) is 22.0 Å². The molecule has 6 rings (SSSR count). The molecule has 0 radical (unpaired) electrons. The number of nitrogens with zero attached hydrogens (tertiary/aromatic N) is 5. The Balaban J connectivity index is 1.45. The van der Waals surface area contributed by atoms with Crippen LogP contribution in [-0.2, 0) is 12.0 Å². The number of carbonyl (C=O) groups is 1. The summed E-state index contributed by atoms with van der Waals surface area (Å²) in [7, 11) is 1.62. The van der Waals surface area contributed by atoms with Crippen molar-refractivity contribution in [2.45, 2.75) is 43.7 Å². The fourth-order valence-corrected chi connectivity index (χ4v) is 6.52. The third-order valence-corrected chi connectivity index (χ3v) is 8.17. The topological polar surface area (TPSA) is 93.0 Å². The van der Waals surface area contributed by atoms with Crippen molar-refractivity contribution in [3.8, 4) is 0 Å². The molecule has 1 amide bonds. The van der Waals surface area contributed by atoms with Crippen LogP contribution in [0.15, 0.2) is 54.9 Å². The smallest absolute Gasteiger partial charge is 0.411 e. The quantitative estimate of drug-likeness (QED) is 0.565. The first kappa shape index (κ1) is 22.9. The summed E-state index contributed by atoms with van der Waals surface area (Å²) in [6.45, 7) is 5.46. The van der Waals surface area contributed by atoms with Crippen LogP contribution >= 0.6 is 0 Å². The average Bonchev–Trinajstić information content (AvgIpc) is 3.53. The van der Waals surface area contributed by atoms with Gasteiger partial charge in [0.2, 0.25) is 0 Å². The van der Waals surface area contributed by atoms with Crippen molar-refractivity contribution in [2.75, 3.05) is 36.5 Å². The Morgan fingerprint density at radius 1 is 1.14 bits per heavy atom. The number of carboxylic acid groups (broad SMARTS) is 1. The van der Waals surface area contributed by atoms with E-state index in [2.05, 4.69) is 52.0 Å². The van der Waals surface area contributed by atoms with E-state index in [1.54, 1.807) is 13.4 Å². The molecule has 3 aromatic rings. The molecule has 1 saturated heterocycles.